The Bertz CT molecular complexity index is 564. The molecule has 0 aliphatic heterocycles. The zero-order valence-electron chi connectivity index (χ0n) is 11.7. The van der Waals surface area contributed by atoms with E-state index in [9.17, 15) is 0 Å². The molecule has 0 spiro atoms. The molecule has 0 saturated heterocycles. The van der Waals surface area contributed by atoms with Crippen molar-refractivity contribution in [3.8, 4) is 5.75 Å². The lowest BCUT2D eigenvalue weighted by Crippen LogP contribution is -2.25. The van der Waals surface area contributed by atoms with Gasteiger partial charge in [-0.05, 0) is 53.4 Å². The summed E-state index contributed by atoms with van der Waals surface area (Å²) < 4.78 is 5.46. The maximum absolute atomic E-state index is 5.91. The van der Waals surface area contributed by atoms with E-state index in [0.29, 0.717) is 6.04 Å². The zero-order chi connectivity index (χ0) is 13.9. The summed E-state index contributed by atoms with van der Waals surface area (Å²) in [5.74, 6) is 0.926. The molecular formula is C16H20N2OS. The Balaban J connectivity index is 1.77. The highest BCUT2D eigenvalue weighted by Gasteiger charge is 2.29. The molecule has 0 amide bonds. The van der Waals surface area contributed by atoms with E-state index in [1.54, 1.807) is 18.4 Å². The molecule has 0 radical (unpaired) electrons. The maximum atomic E-state index is 5.91. The van der Waals surface area contributed by atoms with Gasteiger partial charge in [0.05, 0.1) is 7.11 Å². The first-order chi connectivity index (χ1) is 9.76. The fourth-order valence-electron chi connectivity index (χ4n) is 2.51. The normalized spacial score (nSPS) is 14.7. The molecule has 106 valence electrons. The Morgan fingerprint density at radius 1 is 1.30 bits per heavy atom. The first kappa shape index (κ1) is 13.5. The number of rotatable bonds is 6. The number of hydrogen-bond acceptors (Lipinski definition) is 4. The lowest BCUT2D eigenvalue weighted by molar-refractivity contribution is 0.242. The van der Waals surface area contributed by atoms with Gasteiger partial charge in [-0.2, -0.15) is 11.3 Å². The van der Waals surface area contributed by atoms with Crippen molar-refractivity contribution in [2.75, 3.05) is 12.8 Å². The zero-order valence-corrected chi connectivity index (χ0v) is 12.5. The molecular weight excluding hydrogens is 268 g/mol. The predicted molar refractivity (Wildman–Crippen MR) is 84.0 cm³/mol. The van der Waals surface area contributed by atoms with Crippen LogP contribution in [0.25, 0.3) is 0 Å². The number of thiophene rings is 1. The summed E-state index contributed by atoms with van der Waals surface area (Å²) >= 11 is 1.76. The van der Waals surface area contributed by atoms with Crippen molar-refractivity contribution in [3.05, 3.63) is 46.2 Å². The second-order valence-electron chi connectivity index (χ2n) is 5.34. The van der Waals surface area contributed by atoms with Crippen LogP contribution < -0.4 is 10.5 Å². The molecule has 4 heteroatoms. The van der Waals surface area contributed by atoms with Crippen LogP contribution >= 0.6 is 11.3 Å². The molecule has 1 aromatic heterocycles. The maximum Gasteiger partial charge on any atom is 0.123 e. The van der Waals surface area contributed by atoms with E-state index in [4.69, 9.17) is 10.5 Å². The fraction of sp³-hybridized carbons (Fsp3) is 0.375. The van der Waals surface area contributed by atoms with Gasteiger partial charge in [0.2, 0.25) is 0 Å². The summed E-state index contributed by atoms with van der Waals surface area (Å²) in [4.78, 5) is 2.53. The van der Waals surface area contributed by atoms with Crippen molar-refractivity contribution >= 4 is 17.0 Å². The SMILES string of the molecule is COc1ccc(N)cc1CN(Cc1ccsc1)C1CC1. The van der Waals surface area contributed by atoms with Crippen LogP contribution in [0.5, 0.6) is 5.75 Å². The molecule has 2 N–H and O–H groups in total. The van der Waals surface area contributed by atoms with Crippen LogP contribution in [0.4, 0.5) is 5.69 Å². The number of hydrogen-bond donors (Lipinski definition) is 1. The molecule has 1 saturated carbocycles. The number of nitrogen functional groups attached to an aromatic ring is 1. The lowest BCUT2D eigenvalue weighted by atomic mass is 10.1. The van der Waals surface area contributed by atoms with E-state index in [0.717, 1.165) is 24.5 Å². The lowest BCUT2D eigenvalue weighted by Gasteiger charge is -2.23. The van der Waals surface area contributed by atoms with E-state index < -0.39 is 0 Å². The van der Waals surface area contributed by atoms with Gasteiger partial charge in [0, 0.05) is 30.4 Å². The Hall–Kier alpha value is -1.52. The summed E-state index contributed by atoms with van der Waals surface area (Å²) in [5, 5.41) is 4.37. The number of nitrogens with two attached hydrogens (primary N) is 1. The van der Waals surface area contributed by atoms with Crippen molar-refractivity contribution in [1.82, 2.24) is 4.90 Å². The molecule has 1 aliphatic rings. The Morgan fingerprint density at radius 3 is 2.80 bits per heavy atom. The van der Waals surface area contributed by atoms with Crippen molar-refractivity contribution in [3.63, 3.8) is 0 Å². The highest BCUT2D eigenvalue weighted by atomic mass is 32.1. The minimum Gasteiger partial charge on any atom is -0.496 e. The van der Waals surface area contributed by atoms with Gasteiger partial charge in [0.15, 0.2) is 0 Å². The molecule has 0 bridgehead atoms. The monoisotopic (exact) mass is 288 g/mol. The molecule has 0 unspecified atom stereocenters. The Labute approximate surface area is 124 Å². The minimum atomic E-state index is 0.709. The average molecular weight is 288 g/mol. The first-order valence-corrected chi connectivity index (χ1v) is 7.88. The quantitative estimate of drug-likeness (QED) is 0.827. The molecule has 2 aromatic rings. The van der Waals surface area contributed by atoms with Gasteiger partial charge in [-0.15, -0.1) is 0 Å². The summed E-state index contributed by atoms with van der Waals surface area (Å²) in [6, 6.07) is 8.79. The first-order valence-electron chi connectivity index (χ1n) is 6.94. The third-order valence-corrected chi connectivity index (χ3v) is 4.44. The molecule has 1 aromatic carbocycles. The van der Waals surface area contributed by atoms with Crippen LogP contribution in [0.2, 0.25) is 0 Å². The smallest absolute Gasteiger partial charge is 0.123 e. The van der Waals surface area contributed by atoms with Gasteiger partial charge in [-0.25, -0.2) is 0 Å². The second kappa shape index (κ2) is 5.85. The van der Waals surface area contributed by atoms with Crippen LogP contribution in [-0.4, -0.2) is 18.1 Å². The van der Waals surface area contributed by atoms with Gasteiger partial charge >= 0.3 is 0 Å². The third kappa shape index (κ3) is 3.14. The number of benzene rings is 1. The number of methoxy groups -OCH3 is 1. The summed E-state index contributed by atoms with van der Waals surface area (Å²) in [5.41, 5.74) is 9.28. The number of ether oxygens (including phenoxy) is 1. The Kier molecular flexibility index (Phi) is 3.94. The molecule has 1 fully saturated rings. The molecule has 3 rings (SSSR count). The molecule has 1 heterocycles. The van der Waals surface area contributed by atoms with Gasteiger partial charge in [0.1, 0.15) is 5.75 Å². The van der Waals surface area contributed by atoms with Gasteiger partial charge in [0.25, 0.3) is 0 Å². The average Bonchev–Trinajstić information content (AvgIpc) is 3.17. The molecule has 0 atom stereocenters. The van der Waals surface area contributed by atoms with E-state index in [2.05, 4.69) is 21.7 Å². The standard InChI is InChI=1S/C16H20N2OS/c1-19-16-5-2-14(17)8-13(16)10-18(15-3-4-15)9-12-6-7-20-11-12/h2,5-8,11,15H,3-4,9-10,17H2,1H3. The highest BCUT2D eigenvalue weighted by molar-refractivity contribution is 7.07. The van der Waals surface area contributed by atoms with E-state index in [1.165, 1.54) is 24.0 Å². The summed E-state index contributed by atoms with van der Waals surface area (Å²) in [6.45, 7) is 1.90. The fourth-order valence-corrected chi connectivity index (χ4v) is 3.17. The van der Waals surface area contributed by atoms with Gasteiger partial charge in [-0.1, -0.05) is 0 Å². The largest absolute Gasteiger partial charge is 0.496 e. The molecule has 1 aliphatic carbocycles. The van der Waals surface area contributed by atoms with E-state index >= 15 is 0 Å². The predicted octanol–water partition coefficient (Wildman–Crippen LogP) is 3.50. The summed E-state index contributed by atoms with van der Waals surface area (Å²) in [7, 11) is 1.72. The van der Waals surface area contributed by atoms with E-state index in [-0.39, 0.29) is 0 Å². The van der Waals surface area contributed by atoms with Crippen molar-refractivity contribution in [2.24, 2.45) is 0 Å². The van der Waals surface area contributed by atoms with Crippen molar-refractivity contribution < 1.29 is 4.74 Å². The minimum absolute atomic E-state index is 0.709. The van der Waals surface area contributed by atoms with Crippen molar-refractivity contribution in [1.29, 1.82) is 0 Å². The number of nitrogens with zero attached hydrogens (tertiary/aromatic N) is 1. The Morgan fingerprint density at radius 2 is 2.15 bits per heavy atom. The van der Waals surface area contributed by atoms with Crippen molar-refractivity contribution in [2.45, 2.75) is 32.0 Å². The topological polar surface area (TPSA) is 38.5 Å². The van der Waals surface area contributed by atoms with Gasteiger partial charge < -0.3 is 10.5 Å². The van der Waals surface area contributed by atoms with Crippen LogP contribution in [0.3, 0.4) is 0 Å². The van der Waals surface area contributed by atoms with Crippen LogP contribution in [0, 0.1) is 0 Å². The summed E-state index contributed by atoms with van der Waals surface area (Å²) in [6.07, 6.45) is 2.60. The second-order valence-corrected chi connectivity index (χ2v) is 6.12. The van der Waals surface area contributed by atoms with Crippen LogP contribution in [0.15, 0.2) is 35.0 Å². The molecule has 3 nitrogen and oxygen atoms in total. The van der Waals surface area contributed by atoms with Crippen LogP contribution in [0.1, 0.15) is 24.0 Å². The van der Waals surface area contributed by atoms with Crippen LogP contribution in [-0.2, 0) is 13.1 Å². The highest BCUT2D eigenvalue weighted by Crippen LogP contribution is 2.32. The molecule has 20 heavy (non-hydrogen) atoms. The number of anilines is 1. The van der Waals surface area contributed by atoms with Gasteiger partial charge in [-0.3, -0.25) is 4.90 Å². The third-order valence-electron chi connectivity index (χ3n) is 3.71. The van der Waals surface area contributed by atoms with E-state index in [1.807, 2.05) is 18.2 Å².